The van der Waals surface area contributed by atoms with Gasteiger partial charge in [-0.25, -0.2) is 0 Å². The number of nitrogens with two attached hydrogens (primary N) is 1. The van der Waals surface area contributed by atoms with Crippen LogP contribution in [0.4, 0.5) is 0 Å². The quantitative estimate of drug-likeness (QED) is 0.622. The second kappa shape index (κ2) is 4.94. The van der Waals surface area contributed by atoms with Gasteiger partial charge in [0.05, 0.1) is 0 Å². The Hall–Kier alpha value is -0.790. The fraction of sp³-hybridized carbons (Fsp3) is 0.667. The Morgan fingerprint density at radius 1 is 1.55 bits per heavy atom. The molecule has 0 aromatic heterocycles. The highest BCUT2D eigenvalue weighted by atomic mass is 14.7. The van der Waals surface area contributed by atoms with Gasteiger partial charge in [-0.15, -0.1) is 0 Å². The summed E-state index contributed by atoms with van der Waals surface area (Å²) in [6, 6.07) is 0. The maximum absolute atomic E-state index is 5.44. The standard InChI is InChI=1S/C9H18N2/c1-5-7(2)9(4)11-6-8(3)10/h6-7H,5,10H2,1-4H3/b8-6-,11-9-. The Morgan fingerprint density at radius 3 is 2.45 bits per heavy atom. The molecular formula is C9H18N2. The lowest BCUT2D eigenvalue weighted by molar-refractivity contribution is 0.736. The summed E-state index contributed by atoms with van der Waals surface area (Å²) in [5.41, 5.74) is 7.34. The van der Waals surface area contributed by atoms with Crippen molar-refractivity contribution in [1.82, 2.24) is 0 Å². The first kappa shape index (κ1) is 10.2. The topological polar surface area (TPSA) is 38.4 Å². The van der Waals surface area contributed by atoms with Gasteiger partial charge in [0.2, 0.25) is 0 Å². The van der Waals surface area contributed by atoms with E-state index in [2.05, 4.69) is 18.8 Å². The molecule has 0 aliphatic heterocycles. The minimum atomic E-state index is 0.561. The third-order valence-electron chi connectivity index (χ3n) is 1.80. The van der Waals surface area contributed by atoms with E-state index in [1.165, 1.54) is 0 Å². The summed E-state index contributed by atoms with van der Waals surface area (Å²) >= 11 is 0. The summed E-state index contributed by atoms with van der Waals surface area (Å²) in [6.45, 7) is 8.20. The predicted molar refractivity (Wildman–Crippen MR) is 50.5 cm³/mol. The number of nitrogens with zero attached hydrogens (tertiary/aromatic N) is 1. The molecule has 64 valence electrons. The van der Waals surface area contributed by atoms with Crippen molar-refractivity contribution in [2.24, 2.45) is 16.6 Å². The highest BCUT2D eigenvalue weighted by Crippen LogP contribution is 2.03. The van der Waals surface area contributed by atoms with E-state index in [0.29, 0.717) is 5.92 Å². The molecule has 0 spiro atoms. The summed E-state index contributed by atoms with van der Waals surface area (Å²) in [6.07, 6.45) is 2.84. The van der Waals surface area contributed by atoms with Gasteiger partial charge in [0.15, 0.2) is 0 Å². The number of rotatable bonds is 3. The first-order chi connectivity index (χ1) is 5.07. The zero-order valence-corrected chi connectivity index (χ0v) is 7.89. The number of hydrogen-bond donors (Lipinski definition) is 1. The van der Waals surface area contributed by atoms with E-state index in [9.17, 15) is 0 Å². The van der Waals surface area contributed by atoms with Crippen LogP contribution in [0, 0.1) is 5.92 Å². The minimum absolute atomic E-state index is 0.561. The van der Waals surface area contributed by atoms with Gasteiger partial charge >= 0.3 is 0 Å². The molecule has 0 saturated carbocycles. The molecule has 0 fully saturated rings. The van der Waals surface area contributed by atoms with Crippen molar-refractivity contribution in [3.8, 4) is 0 Å². The van der Waals surface area contributed by atoms with Gasteiger partial charge in [-0.05, 0) is 26.2 Å². The van der Waals surface area contributed by atoms with Gasteiger partial charge < -0.3 is 5.73 Å². The van der Waals surface area contributed by atoms with E-state index in [-0.39, 0.29) is 0 Å². The third kappa shape index (κ3) is 4.59. The first-order valence-corrected chi connectivity index (χ1v) is 4.04. The van der Waals surface area contributed by atoms with Gasteiger partial charge in [-0.1, -0.05) is 13.8 Å². The smallest absolute Gasteiger partial charge is 0.0451 e. The van der Waals surface area contributed by atoms with Crippen molar-refractivity contribution in [3.63, 3.8) is 0 Å². The molecule has 0 rings (SSSR count). The van der Waals surface area contributed by atoms with Crippen LogP contribution >= 0.6 is 0 Å². The molecule has 0 aliphatic rings. The summed E-state index contributed by atoms with van der Waals surface area (Å²) in [5.74, 6) is 0.561. The van der Waals surface area contributed by atoms with Gasteiger partial charge in [-0.3, -0.25) is 4.99 Å². The molecule has 11 heavy (non-hydrogen) atoms. The molecule has 0 aromatic carbocycles. The average molecular weight is 154 g/mol. The summed E-state index contributed by atoms with van der Waals surface area (Å²) in [7, 11) is 0. The van der Waals surface area contributed by atoms with Crippen LogP contribution in [0.5, 0.6) is 0 Å². The Kier molecular flexibility index (Phi) is 4.59. The molecule has 0 amide bonds. The van der Waals surface area contributed by atoms with E-state index in [4.69, 9.17) is 5.73 Å². The molecule has 0 saturated heterocycles. The first-order valence-electron chi connectivity index (χ1n) is 4.04. The Balaban J connectivity index is 4.11. The van der Waals surface area contributed by atoms with Crippen molar-refractivity contribution in [1.29, 1.82) is 0 Å². The molecule has 0 radical (unpaired) electrons. The third-order valence-corrected chi connectivity index (χ3v) is 1.80. The molecule has 1 unspecified atom stereocenters. The van der Waals surface area contributed by atoms with E-state index < -0.39 is 0 Å². The highest BCUT2D eigenvalue weighted by molar-refractivity contribution is 5.84. The zero-order valence-electron chi connectivity index (χ0n) is 7.89. The second-order valence-corrected chi connectivity index (χ2v) is 2.95. The highest BCUT2D eigenvalue weighted by Gasteiger charge is 1.99. The van der Waals surface area contributed by atoms with Crippen LogP contribution in [0.2, 0.25) is 0 Å². The number of aliphatic imine (C=N–C) groups is 1. The van der Waals surface area contributed by atoms with E-state index in [1.54, 1.807) is 6.20 Å². The predicted octanol–water partition coefficient (Wildman–Crippen LogP) is 2.31. The van der Waals surface area contributed by atoms with Gasteiger partial charge in [0.1, 0.15) is 0 Å². The van der Waals surface area contributed by atoms with E-state index in [0.717, 1.165) is 17.8 Å². The molecule has 2 heteroatoms. The fourth-order valence-electron chi connectivity index (χ4n) is 0.626. The maximum Gasteiger partial charge on any atom is 0.0451 e. The maximum atomic E-state index is 5.44. The lowest BCUT2D eigenvalue weighted by Crippen LogP contribution is -2.04. The second-order valence-electron chi connectivity index (χ2n) is 2.95. The Labute approximate surface area is 69.2 Å². The zero-order chi connectivity index (χ0) is 8.85. The number of hydrogen-bond acceptors (Lipinski definition) is 2. The molecule has 0 aromatic rings. The van der Waals surface area contributed by atoms with Crippen molar-refractivity contribution in [2.45, 2.75) is 34.1 Å². The number of allylic oxidation sites excluding steroid dienone is 1. The Morgan fingerprint density at radius 2 is 2.09 bits per heavy atom. The average Bonchev–Trinajstić information content (AvgIpc) is 1.98. The summed E-state index contributed by atoms with van der Waals surface area (Å²) in [5, 5.41) is 0. The van der Waals surface area contributed by atoms with E-state index >= 15 is 0 Å². The van der Waals surface area contributed by atoms with Crippen molar-refractivity contribution in [3.05, 3.63) is 11.9 Å². The molecule has 2 N–H and O–H groups in total. The minimum Gasteiger partial charge on any atom is -0.401 e. The van der Waals surface area contributed by atoms with Gasteiger partial charge in [0, 0.05) is 17.6 Å². The molecule has 0 bridgehead atoms. The van der Waals surface area contributed by atoms with Crippen LogP contribution in [0.25, 0.3) is 0 Å². The van der Waals surface area contributed by atoms with Gasteiger partial charge in [-0.2, -0.15) is 0 Å². The van der Waals surface area contributed by atoms with Crippen LogP contribution in [0.1, 0.15) is 34.1 Å². The molecule has 2 nitrogen and oxygen atoms in total. The van der Waals surface area contributed by atoms with Crippen LogP contribution in [0.15, 0.2) is 16.9 Å². The van der Waals surface area contributed by atoms with Crippen molar-refractivity contribution < 1.29 is 0 Å². The van der Waals surface area contributed by atoms with E-state index in [1.807, 2.05) is 13.8 Å². The SMILES string of the molecule is CCC(C)/C(C)=N\C=C(\C)N. The van der Waals surface area contributed by atoms with Crippen molar-refractivity contribution in [2.75, 3.05) is 0 Å². The van der Waals surface area contributed by atoms with Crippen LogP contribution < -0.4 is 5.73 Å². The summed E-state index contributed by atoms with van der Waals surface area (Å²) in [4.78, 5) is 4.22. The summed E-state index contributed by atoms with van der Waals surface area (Å²) < 4.78 is 0. The molecule has 0 aliphatic carbocycles. The lowest BCUT2D eigenvalue weighted by Gasteiger charge is -2.05. The molecule has 1 atom stereocenters. The van der Waals surface area contributed by atoms with Gasteiger partial charge in [0.25, 0.3) is 0 Å². The van der Waals surface area contributed by atoms with Crippen LogP contribution in [-0.2, 0) is 0 Å². The Bertz CT molecular complexity index is 164. The fourth-order valence-corrected chi connectivity index (χ4v) is 0.626. The molecular weight excluding hydrogens is 136 g/mol. The molecule has 0 heterocycles. The monoisotopic (exact) mass is 154 g/mol. The van der Waals surface area contributed by atoms with Crippen molar-refractivity contribution >= 4 is 5.71 Å². The van der Waals surface area contributed by atoms with Crippen LogP contribution in [0.3, 0.4) is 0 Å². The van der Waals surface area contributed by atoms with Crippen LogP contribution in [-0.4, -0.2) is 5.71 Å². The normalized spacial score (nSPS) is 16.7. The lowest BCUT2D eigenvalue weighted by atomic mass is 10.0. The largest absolute Gasteiger partial charge is 0.401 e.